The molecule has 7 nitrogen and oxygen atoms in total. The van der Waals surface area contributed by atoms with E-state index >= 15 is 0 Å². The summed E-state index contributed by atoms with van der Waals surface area (Å²) < 4.78 is 15.3. The van der Waals surface area contributed by atoms with Gasteiger partial charge in [-0.2, -0.15) is 0 Å². The van der Waals surface area contributed by atoms with Crippen LogP contribution in [0.5, 0.6) is 0 Å². The zero-order chi connectivity index (χ0) is 21.6. The summed E-state index contributed by atoms with van der Waals surface area (Å²) in [5, 5.41) is 18.0. The van der Waals surface area contributed by atoms with Gasteiger partial charge in [0.25, 0.3) is 0 Å². The van der Waals surface area contributed by atoms with Crippen molar-refractivity contribution in [2.24, 2.45) is 7.05 Å². The normalized spacial score (nSPS) is 18.4. The Morgan fingerprint density at radius 1 is 1.17 bits per heavy atom. The van der Waals surface area contributed by atoms with Crippen LogP contribution in [-0.4, -0.2) is 38.2 Å². The van der Waals surface area contributed by atoms with E-state index in [4.69, 9.17) is 0 Å². The molecule has 2 atom stereocenters. The van der Waals surface area contributed by atoms with Crippen LogP contribution in [0.2, 0.25) is 0 Å². The van der Waals surface area contributed by atoms with Gasteiger partial charge in [-0.05, 0) is 43.7 Å². The molecule has 2 unspecified atom stereocenters. The standard InChI is InChI=1S/C22H21FN4O3/c1-4-27-16-7-5-6-15(22(29)30)17(16)20(28)18(21-25-24-12(2)26(21)3)19(27)13-8-10-14(23)11-9-13/h5-11,18-19H,4H2,1-3H3,(H,29,30). The van der Waals surface area contributed by atoms with Gasteiger partial charge in [-0.25, -0.2) is 9.18 Å². The number of hydrogen-bond acceptors (Lipinski definition) is 5. The van der Waals surface area contributed by atoms with Crippen LogP contribution in [0, 0.1) is 12.7 Å². The minimum Gasteiger partial charge on any atom is -0.478 e. The first-order valence-corrected chi connectivity index (χ1v) is 9.63. The van der Waals surface area contributed by atoms with Gasteiger partial charge in [0.05, 0.1) is 17.2 Å². The molecule has 0 radical (unpaired) electrons. The predicted molar refractivity (Wildman–Crippen MR) is 108 cm³/mol. The highest BCUT2D eigenvalue weighted by molar-refractivity contribution is 6.14. The van der Waals surface area contributed by atoms with E-state index in [1.807, 2.05) is 11.8 Å². The Hall–Kier alpha value is -3.55. The monoisotopic (exact) mass is 408 g/mol. The lowest BCUT2D eigenvalue weighted by molar-refractivity contribution is 0.0690. The fraction of sp³-hybridized carbons (Fsp3) is 0.273. The first-order valence-electron chi connectivity index (χ1n) is 9.63. The number of likely N-dealkylation sites (N-methyl/N-ethyl adjacent to an activating group) is 1. The van der Waals surface area contributed by atoms with Crippen LogP contribution in [0.25, 0.3) is 0 Å². The molecule has 0 fully saturated rings. The van der Waals surface area contributed by atoms with E-state index in [9.17, 15) is 19.1 Å². The van der Waals surface area contributed by atoms with Crippen molar-refractivity contribution in [2.45, 2.75) is 25.8 Å². The number of anilines is 1. The lowest BCUT2D eigenvalue weighted by Gasteiger charge is -2.42. The molecule has 0 saturated heterocycles. The molecule has 30 heavy (non-hydrogen) atoms. The van der Waals surface area contributed by atoms with Gasteiger partial charge in [-0.3, -0.25) is 4.79 Å². The maximum atomic E-state index is 13.8. The molecule has 154 valence electrons. The number of hydrogen-bond donors (Lipinski definition) is 1. The fourth-order valence-electron chi connectivity index (χ4n) is 4.20. The minimum absolute atomic E-state index is 0.0441. The number of aryl methyl sites for hydroxylation is 1. The van der Waals surface area contributed by atoms with Gasteiger partial charge in [-0.1, -0.05) is 18.2 Å². The molecule has 0 saturated carbocycles. The van der Waals surface area contributed by atoms with Crippen molar-refractivity contribution in [1.29, 1.82) is 0 Å². The highest BCUT2D eigenvalue weighted by Gasteiger charge is 2.45. The SMILES string of the molecule is CCN1c2cccc(C(=O)O)c2C(=O)C(c2nnc(C)n2C)C1c1ccc(F)cc1. The van der Waals surface area contributed by atoms with Gasteiger partial charge in [0, 0.05) is 19.3 Å². The first-order chi connectivity index (χ1) is 14.3. The average molecular weight is 408 g/mol. The van der Waals surface area contributed by atoms with Crippen LogP contribution in [0.15, 0.2) is 42.5 Å². The van der Waals surface area contributed by atoms with E-state index in [2.05, 4.69) is 10.2 Å². The molecular weight excluding hydrogens is 387 g/mol. The number of carboxylic acids is 1. The van der Waals surface area contributed by atoms with Crippen molar-refractivity contribution in [3.05, 3.63) is 76.6 Å². The topological polar surface area (TPSA) is 88.3 Å². The summed E-state index contributed by atoms with van der Waals surface area (Å²) >= 11 is 0. The maximum Gasteiger partial charge on any atom is 0.336 e. The molecule has 3 aromatic rings. The number of carbonyl (C=O) groups is 2. The van der Waals surface area contributed by atoms with Crippen molar-refractivity contribution in [3.8, 4) is 0 Å². The van der Waals surface area contributed by atoms with E-state index in [1.165, 1.54) is 18.2 Å². The second kappa shape index (κ2) is 7.37. The Balaban J connectivity index is 2.02. The highest BCUT2D eigenvalue weighted by atomic mass is 19.1. The fourth-order valence-corrected chi connectivity index (χ4v) is 4.20. The van der Waals surface area contributed by atoms with Crippen LogP contribution in [0.3, 0.4) is 0 Å². The number of Topliss-reactive ketones (excluding diaryl/α,β-unsaturated/α-hetero) is 1. The average Bonchev–Trinajstić information content (AvgIpc) is 3.06. The zero-order valence-corrected chi connectivity index (χ0v) is 16.8. The largest absolute Gasteiger partial charge is 0.478 e. The molecule has 4 rings (SSSR count). The Labute approximate surface area is 172 Å². The number of nitrogens with zero attached hydrogens (tertiary/aromatic N) is 4. The van der Waals surface area contributed by atoms with E-state index < -0.39 is 17.9 Å². The summed E-state index contributed by atoms with van der Waals surface area (Å²) in [6.45, 7) is 4.23. The summed E-state index contributed by atoms with van der Waals surface area (Å²) in [7, 11) is 1.77. The maximum absolute atomic E-state index is 13.8. The Morgan fingerprint density at radius 3 is 2.43 bits per heavy atom. The van der Waals surface area contributed by atoms with Crippen LogP contribution in [0.4, 0.5) is 10.1 Å². The molecular formula is C22H21FN4O3. The summed E-state index contributed by atoms with van der Waals surface area (Å²) in [6, 6.07) is 10.3. The van der Waals surface area contributed by atoms with Crippen molar-refractivity contribution < 1.29 is 19.1 Å². The zero-order valence-electron chi connectivity index (χ0n) is 16.8. The summed E-state index contributed by atoms with van der Waals surface area (Å²) in [6.07, 6.45) is 0. The molecule has 1 aliphatic rings. The first kappa shape index (κ1) is 19.8. The molecule has 1 N–H and O–H groups in total. The third kappa shape index (κ3) is 2.96. The lowest BCUT2D eigenvalue weighted by atomic mass is 9.78. The molecule has 2 aromatic carbocycles. The summed E-state index contributed by atoms with van der Waals surface area (Å²) in [5.41, 5.74) is 1.41. The third-order valence-electron chi connectivity index (χ3n) is 5.72. The number of carbonyl (C=O) groups excluding carboxylic acids is 1. The molecule has 1 aliphatic heterocycles. The number of aromatic nitrogens is 3. The summed E-state index contributed by atoms with van der Waals surface area (Å²) in [5.74, 6) is -1.59. The molecule has 0 aliphatic carbocycles. The van der Waals surface area contributed by atoms with Crippen molar-refractivity contribution in [1.82, 2.24) is 14.8 Å². The molecule has 0 bridgehead atoms. The van der Waals surface area contributed by atoms with Gasteiger partial charge < -0.3 is 14.6 Å². The van der Waals surface area contributed by atoms with Crippen LogP contribution in [-0.2, 0) is 7.05 Å². The number of benzene rings is 2. The Morgan fingerprint density at radius 2 is 1.87 bits per heavy atom. The van der Waals surface area contributed by atoms with Gasteiger partial charge in [0.1, 0.15) is 23.4 Å². The van der Waals surface area contributed by atoms with Crippen LogP contribution < -0.4 is 4.90 Å². The molecule has 1 aromatic heterocycles. The van der Waals surface area contributed by atoms with Crippen molar-refractivity contribution in [2.75, 3.05) is 11.4 Å². The van der Waals surface area contributed by atoms with Crippen LogP contribution in [0.1, 0.15) is 56.8 Å². The quantitative estimate of drug-likeness (QED) is 0.711. The Kier molecular flexibility index (Phi) is 4.85. The smallest absolute Gasteiger partial charge is 0.336 e. The highest BCUT2D eigenvalue weighted by Crippen LogP contribution is 2.47. The number of rotatable bonds is 4. The summed E-state index contributed by atoms with van der Waals surface area (Å²) in [4.78, 5) is 27.6. The van der Waals surface area contributed by atoms with E-state index in [0.29, 0.717) is 23.9 Å². The number of ketones is 1. The van der Waals surface area contributed by atoms with E-state index in [0.717, 1.165) is 5.56 Å². The molecule has 0 spiro atoms. The van der Waals surface area contributed by atoms with Gasteiger partial charge in [0.2, 0.25) is 0 Å². The minimum atomic E-state index is -1.16. The number of halogens is 1. The van der Waals surface area contributed by atoms with Crippen molar-refractivity contribution >= 4 is 17.4 Å². The predicted octanol–water partition coefficient (Wildman–Crippen LogP) is 3.51. The molecule has 0 amide bonds. The van der Waals surface area contributed by atoms with E-state index in [1.54, 1.807) is 42.8 Å². The van der Waals surface area contributed by atoms with Gasteiger partial charge >= 0.3 is 5.97 Å². The Bertz CT molecular complexity index is 1140. The second-order valence-corrected chi connectivity index (χ2v) is 7.29. The lowest BCUT2D eigenvalue weighted by Crippen LogP contribution is -2.42. The third-order valence-corrected chi connectivity index (χ3v) is 5.72. The van der Waals surface area contributed by atoms with Crippen LogP contribution >= 0.6 is 0 Å². The second-order valence-electron chi connectivity index (χ2n) is 7.29. The number of fused-ring (bicyclic) bond motifs is 1. The van der Waals surface area contributed by atoms with Crippen molar-refractivity contribution in [3.63, 3.8) is 0 Å². The number of aromatic carboxylic acids is 1. The molecule has 8 heteroatoms. The van der Waals surface area contributed by atoms with Gasteiger partial charge in [-0.15, -0.1) is 10.2 Å². The van der Waals surface area contributed by atoms with E-state index in [-0.39, 0.29) is 22.7 Å². The molecule has 2 heterocycles. The van der Waals surface area contributed by atoms with Gasteiger partial charge in [0.15, 0.2) is 5.78 Å². The number of carboxylic acid groups (broad SMARTS) is 1.